The number of rotatable bonds is 9. The normalized spacial score (nSPS) is 16.7. The summed E-state index contributed by atoms with van der Waals surface area (Å²) in [7, 11) is 3.33. The Morgan fingerprint density at radius 2 is 1.92 bits per heavy atom. The summed E-state index contributed by atoms with van der Waals surface area (Å²) in [4.78, 5) is 16.2. The summed E-state index contributed by atoms with van der Waals surface area (Å²) < 4.78 is 22.5. The molecule has 1 aromatic carbocycles. The maximum absolute atomic E-state index is 9.85. The van der Waals surface area contributed by atoms with Gasteiger partial charge in [0.05, 0.1) is 43.4 Å². The smallest absolute Gasteiger partial charge is 0.179 e. The van der Waals surface area contributed by atoms with Crippen LogP contribution in [0, 0.1) is 11.3 Å². The lowest BCUT2D eigenvalue weighted by atomic mass is 10.1. The second-order valence-electron chi connectivity index (χ2n) is 9.34. The molecule has 0 bridgehead atoms. The first-order chi connectivity index (χ1) is 18.1. The van der Waals surface area contributed by atoms with Crippen molar-refractivity contribution in [3.05, 3.63) is 65.4 Å². The number of nitriles is 1. The predicted molar refractivity (Wildman–Crippen MR) is 136 cm³/mol. The average Bonchev–Trinajstić information content (AvgIpc) is 2.92. The first-order valence-corrected chi connectivity index (χ1v) is 12.5. The van der Waals surface area contributed by atoms with Gasteiger partial charge in [-0.2, -0.15) is 5.26 Å². The van der Waals surface area contributed by atoms with Crippen LogP contribution >= 0.6 is 0 Å². The molecule has 0 radical (unpaired) electrons. The van der Waals surface area contributed by atoms with Gasteiger partial charge >= 0.3 is 0 Å². The molecule has 0 atom stereocenters. The Balaban J connectivity index is 1.30. The van der Waals surface area contributed by atoms with Crippen LogP contribution in [0.15, 0.2) is 42.7 Å². The van der Waals surface area contributed by atoms with Gasteiger partial charge in [0.1, 0.15) is 18.0 Å². The highest BCUT2D eigenvalue weighted by Gasteiger charge is 2.26. The summed E-state index contributed by atoms with van der Waals surface area (Å²) in [6.45, 7) is 4.02. The molecule has 0 amide bonds. The summed E-state index contributed by atoms with van der Waals surface area (Å²) in [5.41, 5.74) is 3.97. The Morgan fingerprint density at radius 3 is 2.62 bits per heavy atom. The van der Waals surface area contributed by atoms with Gasteiger partial charge in [-0.05, 0) is 29.8 Å². The van der Waals surface area contributed by atoms with Gasteiger partial charge in [0.25, 0.3) is 0 Å². The van der Waals surface area contributed by atoms with Crippen LogP contribution < -0.4 is 9.47 Å². The van der Waals surface area contributed by atoms with Crippen LogP contribution in [-0.2, 0) is 22.4 Å². The van der Waals surface area contributed by atoms with Gasteiger partial charge < -0.3 is 18.9 Å². The van der Waals surface area contributed by atoms with Crippen molar-refractivity contribution < 1.29 is 18.9 Å². The first-order valence-electron chi connectivity index (χ1n) is 12.5. The Kier molecular flexibility index (Phi) is 7.90. The van der Waals surface area contributed by atoms with E-state index in [1.165, 1.54) is 0 Å². The second kappa shape index (κ2) is 11.6. The molecule has 9 heteroatoms. The summed E-state index contributed by atoms with van der Waals surface area (Å²) in [5.74, 6) is 1.66. The van der Waals surface area contributed by atoms with E-state index in [4.69, 9.17) is 23.9 Å². The first kappa shape index (κ1) is 25.1. The molecular formula is C28H31N5O4. The summed E-state index contributed by atoms with van der Waals surface area (Å²) >= 11 is 0. The third-order valence-electron chi connectivity index (χ3n) is 6.74. The van der Waals surface area contributed by atoms with Gasteiger partial charge in [-0.3, -0.25) is 9.88 Å². The van der Waals surface area contributed by atoms with E-state index in [1.54, 1.807) is 26.5 Å². The van der Waals surface area contributed by atoms with E-state index in [1.807, 2.05) is 18.3 Å². The number of benzene rings is 1. The number of ether oxygens (including phenoxy) is 4. The van der Waals surface area contributed by atoms with E-state index in [2.05, 4.69) is 33.1 Å². The molecule has 2 aliphatic rings. The zero-order valence-corrected chi connectivity index (χ0v) is 21.2. The van der Waals surface area contributed by atoms with E-state index in [-0.39, 0.29) is 6.10 Å². The van der Waals surface area contributed by atoms with Crippen molar-refractivity contribution in [1.29, 1.82) is 5.26 Å². The van der Waals surface area contributed by atoms with Crippen molar-refractivity contribution in [1.82, 2.24) is 19.9 Å². The molecule has 0 spiro atoms. The Bertz CT molecular complexity index is 1250. The minimum Gasteiger partial charge on any atom is -0.493 e. The highest BCUT2D eigenvalue weighted by molar-refractivity contribution is 5.68. The van der Waals surface area contributed by atoms with Crippen LogP contribution in [0.5, 0.6) is 11.5 Å². The highest BCUT2D eigenvalue weighted by atomic mass is 16.5. The van der Waals surface area contributed by atoms with Crippen molar-refractivity contribution in [3.8, 4) is 28.8 Å². The fourth-order valence-corrected chi connectivity index (χ4v) is 4.58. The summed E-state index contributed by atoms with van der Waals surface area (Å²) in [6, 6.07) is 11.9. The molecule has 2 aromatic heterocycles. The zero-order valence-electron chi connectivity index (χ0n) is 21.2. The number of likely N-dealkylation sites (tertiary alicyclic amines) is 1. The van der Waals surface area contributed by atoms with Crippen molar-refractivity contribution in [3.63, 3.8) is 0 Å². The van der Waals surface area contributed by atoms with Crippen LogP contribution in [0.2, 0.25) is 0 Å². The van der Waals surface area contributed by atoms with Crippen LogP contribution in [0.4, 0.5) is 0 Å². The van der Waals surface area contributed by atoms with E-state index >= 15 is 0 Å². The summed E-state index contributed by atoms with van der Waals surface area (Å²) in [5, 5.41) is 9.85. The number of hydrogen-bond acceptors (Lipinski definition) is 9. The second-order valence-corrected chi connectivity index (χ2v) is 9.34. The zero-order chi connectivity index (χ0) is 25.6. The van der Waals surface area contributed by atoms with Crippen molar-refractivity contribution in [2.24, 2.45) is 0 Å². The topological polar surface area (TPSA) is 103 Å². The number of hydrogen-bond donors (Lipinski definition) is 0. The fourth-order valence-electron chi connectivity index (χ4n) is 4.58. The highest BCUT2D eigenvalue weighted by Crippen LogP contribution is 2.37. The molecule has 0 unspecified atom stereocenters. The average molecular weight is 502 g/mol. The van der Waals surface area contributed by atoms with Gasteiger partial charge in [-0.1, -0.05) is 6.07 Å². The Labute approximate surface area is 217 Å². The van der Waals surface area contributed by atoms with Crippen molar-refractivity contribution >= 4 is 0 Å². The standard InChI is InChI=1S/C28H31N5O4/c1-34-24-17-33(18-24)16-22-4-3-19(15-31-22)11-27-30-8-5-25(32-27)20-12-21(14-29)28(26(13-20)35-2)37-23-6-9-36-10-7-23/h3-5,8,12-13,15,23-24H,6-7,9-11,16-18H2,1-2H3. The van der Waals surface area contributed by atoms with Crippen molar-refractivity contribution in [2.45, 2.75) is 38.0 Å². The molecule has 0 N–H and O–H groups in total. The lowest BCUT2D eigenvalue weighted by Gasteiger charge is -2.37. The van der Waals surface area contributed by atoms with Gasteiger partial charge in [0.2, 0.25) is 0 Å². The molecule has 4 heterocycles. The Morgan fingerprint density at radius 1 is 1.08 bits per heavy atom. The third-order valence-corrected chi connectivity index (χ3v) is 6.74. The van der Waals surface area contributed by atoms with Crippen LogP contribution in [0.1, 0.15) is 35.5 Å². The fraction of sp³-hybridized carbons (Fsp3) is 0.429. The van der Waals surface area contributed by atoms with Crippen molar-refractivity contribution in [2.75, 3.05) is 40.5 Å². The number of nitrogens with zero attached hydrogens (tertiary/aromatic N) is 5. The number of methoxy groups -OCH3 is 2. The monoisotopic (exact) mass is 501 g/mol. The van der Waals surface area contributed by atoms with Gasteiger partial charge in [0.15, 0.2) is 11.5 Å². The molecule has 2 fully saturated rings. The third kappa shape index (κ3) is 6.05. The molecule has 9 nitrogen and oxygen atoms in total. The molecule has 5 rings (SSSR count). The maximum Gasteiger partial charge on any atom is 0.179 e. The Hall–Kier alpha value is -3.58. The molecular weight excluding hydrogens is 470 g/mol. The quantitative estimate of drug-likeness (QED) is 0.436. The number of pyridine rings is 1. The molecule has 2 saturated heterocycles. The molecule has 3 aromatic rings. The molecule has 37 heavy (non-hydrogen) atoms. The lowest BCUT2D eigenvalue weighted by Crippen LogP contribution is -2.51. The van der Waals surface area contributed by atoms with Crippen LogP contribution in [-0.4, -0.2) is 72.6 Å². The van der Waals surface area contributed by atoms with E-state index in [0.29, 0.717) is 54.3 Å². The minimum atomic E-state index is -0.000527. The SMILES string of the molecule is COc1cc(-c2ccnc(Cc3ccc(CN4CC(OC)C4)nc3)n2)cc(C#N)c1OC1CCOCC1. The maximum atomic E-state index is 9.85. The van der Waals surface area contributed by atoms with Crippen LogP contribution in [0.25, 0.3) is 11.3 Å². The molecule has 2 aliphatic heterocycles. The largest absolute Gasteiger partial charge is 0.493 e. The molecule has 0 aliphatic carbocycles. The van der Waals surface area contributed by atoms with Gasteiger partial charge in [-0.25, -0.2) is 9.97 Å². The van der Waals surface area contributed by atoms with E-state index in [9.17, 15) is 5.26 Å². The van der Waals surface area contributed by atoms with E-state index in [0.717, 1.165) is 49.3 Å². The minimum absolute atomic E-state index is 0.000527. The van der Waals surface area contributed by atoms with Gasteiger partial charge in [0, 0.05) is 64.0 Å². The lowest BCUT2D eigenvalue weighted by molar-refractivity contribution is -0.0339. The molecule has 0 saturated carbocycles. The van der Waals surface area contributed by atoms with Crippen LogP contribution in [0.3, 0.4) is 0 Å². The molecule has 192 valence electrons. The van der Waals surface area contributed by atoms with Gasteiger partial charge in [-0.15, -0.1) is 0 Å². The van der Waals surface area contributed by atoms with E-state index < -0.39 is 0 Å². The summed E-state index contributed by atoms with van der Waals surface area (Å²) in [6.07, 6.45) is 6.09. The predicted octanol–water partition coefficient (Wildman–Crippen LogP) is 3.40. The number of aromatic nitrogens is 3.